The van der Waals surface area contributed by atoms with Crippen molar-refractivity contribution in [2.24, 2.45) is 0 Å². The predicted molar refractivity (Wildman–Crippen MR) is 237 cm³/mol. The number of benzene rings is 8. The van der Waals surface area contributed by atoms with Gasteiger partial charge in [0.2, 0.25) is 0 Å². The van der Waals surface area contributed by atoms with Gasteiger partial charge in [0.05, 0.1) is 0 Å². The zero-order valence-electron chi connectivity index (χ0n) is 32.1. The minimum absolute atomic E-state index is 0.0205. The van der Waals surface area contributed by atoms with Gasteiger partial charge in [0.25, 0.3) is 0 Å². The molecule has 0 atom stereocenters. The topological polar surface area (TPSA) is 51.8 Å². The zero-order chi connectivity index (χ0) is 38.8. The van der Waals surface area contributed by atoms with E-state index in [0.717, 1.165) is 60.9 Å². The van der Waals surface area contributed by atoms with E-state index in [-0.39, 0.29) is 5.41 Å². The van der Waals surface area contributed by atoms with Crippen LogP contribution in [0.4, 0.5) is 0 Å². The summed E-state index contributed by atoms with van der Waals surface area (Å²) >= 11 is 0. The molecule has 1 aliphatic carbocycles. The number of aromatic nitrogens is 3. The molecule has 0 saturated heterocycles. The van der Waals surface area contributed by atoms with Crippen LogP contribution in [0.3, 0.4) is 0 Å². The highest BCUT2D eigenvalue weighted by Gasteiger charge is 2.35. The van der Waals surface area contributed by atoms with Crippen molar-refractivity contribution in [3.63, 3.8) is 0 Å². The van der Waals surface area contributed by atoms with E-state index in [9.17, 15) is 0 Å². The van der Waals surface area contributed by atoms with Crippen LogP contribution in [0.1, 0.15) is 25.0 Å². The molecule has 0 bridgehead atoms. The highest BCUT2D eigenvalue weighted by atomic mass is 16.3. The Labute approximate surface area is 337 Å². The van der Waals surface area contributed by atoms with E-state index in [1.165, 1.54) is 33.4 Å². The van der Waals surface area contributed by atoms with E-state index in [1.807, 2.05) is 48.5 Å². The maximum absolute atomic E-state index is 6.51. The molecule has 0 N–H and O–H groups in total. The second kappa shape index (κ2) is 13.4. The lowest BCUT2D eigenvalue weighted by atomic mass is 9.82. The SMILES string of the molecule is CC1(C)c2ccccc2-c2cc(-c3cccc(-c4ccc5oc6cccc(-c7nc(-c8ccccc8)nc(-c8cccc(-c9ccccc9)c8)n7)c6c5c4)c3)ccc21. The van der Waals surface area contributed by atoms with Gasteiger partial charge in [-0.05, 0) is 92.0 Å². The Morgan fingerprint density at radius 3 is 1.64 bits per heavy atom. The van der Waals surface area contributed by atoms with E-state index in [4.69, 9.17) is 19.4 Å². The van der Waals surface area contributed by atoms with Crippen LogP contribution in [-0.2, 0) is 5.41 Å². The van der Waals surface area contributed by atoms with Crippen LogP contribution in [0, 0.1) is 0 Å². The van der Waals surface area contributed by atoms with Crippen LogP contribution >= 0.6 is 0 Å². The van der Waals surface area contributed by atoms with Crippen LogP contribution in [0.5, 0.6) is 0 Å². The first-order valence-electron chi connectivity index (χ1n) is 19.8. The highest BCUT2D eigenvalue weighted by Crippen LogP contribution is 2.49. The van der Waals surface area contributed by atoms with Gasteiger partial charge in [-0.15, -0.1) is 0 Å². The van der Waals surface area contributed by atoms with E-state index in [1.54, 1.807) is 0 Å². The molecule has 274 valence electrons. The van der Waals surface area contributed by atoms with Crippen molar-refractivity contribution in [1.82, 2.24) is 15.0 Å². The summed E-state index contributed by atoms with van der Waals surface area (Å²) in [7, 11) is 0. The summed E-state index contributed by atoms with van der Waals surface area (Å²) in [6.45, 7) is 4.65. The molecule has 0 unspecified atom stereocenters. The third kappa shape index (κ3) is 5.64. The monoisotopic (exact) mass is 743 g/mol. The van der Waals surface area contributed by atoms with Crippen molar-refractivity contribution in [3.8, 4) is 78.7 Å². The lowest BCUT2D eigenvalue weighted by Crippen LogP contribution is -2.14. The van der Waals surface area contributed by atoms with E-state index >= 15 is 0 Å². The predicted octanol–water partition coefficient (Wildman–Crippen LogP) is 14.1. The second-order valence-electron chi connectivity index (χ2n) is 15.6. The van der Waals surface area contributed by atoms with Gasteiger partial charge < -0.3 is 4.42 Å². The summed E-state index contributed by atoms with van der Waals surface area (Å²) in [6.07, 6.45) is 0. The number of hydrogen-bond acceptors (Lipinski definition) is 4. The molecule has 8 aromatic carbocycles. The quantitative estimate of drug-likeness (QED) is 0.170. The van der Waals surface area contributed by atoms with Gasteiger partial charge >= 0.3 is 0 Å². The first kappa shape index (κ1) is 33.9. The Bertz CT molecular complexity index is 3200. The van der Waals surface area contributed by atoms with Crippen LogP contribution in [0.2, 0.25) is 0 Å². The minimum atomic E-state index is -0.0205. The number of nitrogens with zero attached hydrogens (tertiary/aromatic N) is 3. The summed E-state index contributed by atoms with van der Waals surface area (Å²) in [5.41, 5.74) is 16.6. The van der Waals surface area contributed by atoms with Gasteiger partial charge in [0.15, 0.2) is 17.5 Å². The van der Waals surface area contributed by atoms with Gasteiger partial charge in [-0.2, -0.15) is 0 Å². The number of rotatable bonds is 6. The van der Waals surface area contributed by atoms with Crippen LogP contribution < -0.4 is 0 Å². The first-order valence-corrected chi connectivity index (χ1v) is 19.8. The summed E-state index contributed by atoms with van der Waals surface area (Å²) in [5, 5.41) is 1.99. The summed E-state index contributed by atoms with van der Waals surface area (Å²) < 4.78 is 6.51. The summed E-state index contributed by atoms with van der Waals surface area (Å²) in [4.78, 5) is 15.3. The Morgan fingerprint density at radius 2 is 0.862 bits per heavy atom. The molecule has 4 heteroatoms. The molecule has 0 amide bonds. The zero-order valence-corrected chi connectivity index (χ0v) is 32.1. The van der Waals surface area contributed by atoms with Gasteiger partial charge in [-0.25, -0.2) is 15.0 Å². The largest absolute Gasteiger partial charge is 0.456 e. The maximum atomic E-state index is 6.51. The number of furan rings is 1. The molecule has 0 radical (unpaired) electrons. The lowest BCUT2D eigenvalue weighted by molar-refractivity contribution is 0.660. The molecule has 58 heavy (non-hydrogen) atoms. The van der Waals surface area contributed by atoms with E-state index in [0.29, 0.717) is 17.5 Å². The molecule has 0 saturated carbocycles. The molecule has 11 rings (SSSR count). The molecule has 4 nitrogen and oxygen atoms in total. The van der Waals surface area contributed by atoms with Crippen molar-refractivity contribution in [3.05, 3.63) is 199 Å². The van der Waals surface area contributed by atoms with Gasteiger partial charge in [-0.3, -0.25) is 0 Å². The Balaban J connectivity index is 1.03. The van der Waals surface area contributed by atoms with Crippen LogP contribution in [0.15, 0.2) is 192 Å². The lowest BCUT2D eigenvalue weighted by Gasteiger charge is -2.21. The highest BCUT2D eigenvalue weighted by molar-refractivity contribution is 6.12. The third-order valence-electron chi connectivity index (χ3n) is 11.7. The Kier molecular flexibility index (Phi) is 7.80. The van der Waals surface area contributed by atoms with E-state index < -0.39 is 0 Å². The van der Waals surface area contributed by atoms with Crippen LogP contribution in [0.25, 0.3) is 101 Å². The minimum Gasteiger partial charge on any atom is -0.456 e. The summed E-state index contributed by atoms with van der Waals surface area (Å²) in [5.74, 6) is 1.82. The number of hydrogen-bond donors (Lipinski definition) is 0. The molecular formula is C54H37N3O. The van der Waals surface area contributed by atoms with Crippen molar-refractivity contribution >= 4 is 21.9 Å². The normalized spacial score (nSPS) is 12.8. The Morgan fingerprint density at radius 1 is 0.345 bits per heavy atom. The van der Waals surface area contributed by atoms with Crippen molar-refractivity contribution < 1.29 is 4.42 Å². The molecule has 0 spiro atoms. The second-order valence-corrected chi connectivity index (χ2v) is 15.6. The third-order valence-corrected chi connectivity index (χ3v) is 11.7. The van der Waals surface area contributed by atoms with Crippen molar-refractivity contribution in [2.45, 2.75) is 19.3 Å². The Hall–Kier alpha value is -7.43. The fraction of sp³-hybridized carbons (Fsp3) is 0.0556. The fourth-order valence-corrected chi connectivity index (χ4v) is 8.78. The van der Waals surface area contributed by atoms with Gasteiger partial charge in [-0.1, -0.05) is 166 Å². The molecule has 2 heterocycles. The molecule has 0 aliphatic heterocycles. The van der Waals surface area contributed by atoms with Crippen molar-refractivity contribution in [1.29, 1.82) is 0 Å². The van der Waals surface area contributed by atoms with E-state index in [2.05, 4.69) is 153 Å². The number of fused-ring (bicyclic) bond motifs is 6. The van der Waals surface area contributed by atoms with Crippen molar-refractivity contribution in [2.75, 3.05) is 0 Å². The van der Waals surface area contributed by atoms with Gasteiger partial charge in [0.1, 0.15) is 11.2 Å². The first-order chi connectivity index (χ1) is 28.5. The molecule has 1 aliphatic rings. The molecular weight excluding hydrogens is 707 g/mol. The molecule has 10 aromatic rings. The van der Waals surface area contributed by atoms with Gasteiger partial charge in [0, 0.05) is 32.9 Å². The van der Waals surface area contributed by atoms with Crippen LogP contribution in [-0.4, -0.2) is 15.0 Å². The molecule has 2 aromatic heterocycles. The standard InChI is InChI=1S/C54H37N3O/c1-54(2)46-24-10-9-22-42(46)44-32-39(26-28-47(44)54)37-19-11-20-38(30-37)40-27-29-48-45(33-40)50-43(23-13-25-49(50)58-48)53-56-51(35-16-7-4-8-17-35)55-52(57-53)41-21-12-18-36(31-41)34-14-5-3-6-15-34/h3-33H,1-2H3. The smallest absolute Gasteiger partial charge is 0.164 e. The average Bonchev–Trinajstić information content (AvgIpc) is 3.78. The summed E-state index contributed by atoms with van der Waals surface area (Å²) in [6, 6.07) is 66.1. The molecule has 0 fully saturated rings. The maximum Gasteiger partial charge on any atom is 0.164 e. The average molecular weight is 744 g/mol. The fourth-order valence-electron chi connectivity index (χ4n) is 8.78.